The number of nitrogens with zero attached hydrogens (tertiary/aromatic N) is 4. The summed E-state index contributed by atoms with van der Waals surface area (Å²) in [4.78, 5) is 38.0. The number of hydrogen-bond donors (Lipinski definition) is 2. The molecule has 0 aliphatic rings. The zero-order valence-corrected chi connectivity index (χ0v) is 21.3. The maximum Gasteiger partial charge on any atom is 0.433 e. The van der Waals surface area contributed by atoms with Crippen molar-refractivity contribution in [2.75, 3.05) is 5.32 Å². The molecule has 0 aliphatic carbocycles. The molecule has 0 spiro atoms. The zero-order valence-electron chi connectivity index (χ0n) is 21.3. The quantitative estimate of drug-likeness (QED) is 0.333. The van der Waals surface area contributed by atoms with Crippen LogP contribution in [0.2, 0.25) is 0 Å². The van der Waals surface area contributed by atoms with E-state index in [0.29, 0.717) is 27.7 Å². The van der Waals surface area contributed by atoms with Crippen LogP contribution in [0.1, 0.15) is 64.7 Å². The predicted octanol–water partition coefficient (Wildman–Crippen LogP) is 5.48. The summed E-state index contributed by atoms with van der Waals surface area (Å²) in [5.41, 5.74) is 1.26. The van der Waals surface area contributed by atoms with Crippen molar-refractivity contribution < 1.29 is 22.8 Å². The molecule has 8 nitrogen and oxygen atoms in total. The largest absolute Gasteiger partial charge is 0.433 e. The lowest BCUT2D eigenvalue weighted by molar-refractivity contribution is -0.141. The number of rotatable bonds is 7. The number of halogens is 3. The van der Waals surface area contributed by atoms with Crippen LogP contribution < -0.4 is 10.6 Å². The summed E-state index contributed by atoms with van der Waals surface area (Å²) in [7, 11) is 0. The Bertz CT molecular complexity index is 1480. The van der Waals surface area contributed by atoms with Crippen LogP contribution in [-0.4, -0.2) is 31.3 Å². The summed E-state index contributed by atoms with van der Waals surface area (Å²) in [6.45, 7) is 7.91. The highest BCUT2D eigenvalue weighted by Crippen LogP contribution is 2.30. The number of nitrogens with one attached hydrogen (secondary N) is 2. The van der Waals surface area contributed by atoms with Gasteiger partial charge >= 0.3 is 6.18 Å². The van der Waals surface area contributed by atoms with E-state index in [1.54, 1.807) is 18.3 Å². The Hall–Kier alpha value is -4.28. The Kier molecular flexibility index (Phi) is 7.21. The van der Waals surface area contributed by atoms with Crippen LogP contribution in [0.5, 0.6) is 0 Å². The van der Waals surface area contributed by atoms with Gasteiger partial charge in [-0.1, -0.05) is 30.7 Å². The van der Waals surface area contributed by atoms with Crippen LogP contribution in [0.15, 0.2) is 55.0 Å². The summed E-state index contributed by atoms with van der Waals surface area (Å²) >= 11 is 0. The molecule has 1 aromatic carbocycles. The molecule has 3 aromatic heterocycles. The lowest BCUT2D eigenvalue weighted by atomic mass is 10.0. The first-order chi connectivity index (χ1) is 17.9. The fourth-order valence-electron chi connectivity index (χ4n) is 3.73. The van der Waals surface area contributed by atoms with Gasteiger partial charge in [-0.15, -0.1) is 0 Å². The van der Waals surface area contributed by atoms with Crippen LogP contribution in [0.25, 0.3) is 11.0 Å². The van der Waals surface area contributed by atoms with E-state index in [4.69, 9.17) is 0 Å². The third-order valence-corrected chi connectivity index (χ3v) is 6.41. The normalized spacial score (nSPS) is 12.0. The molecule has 38 heavy (non-hydrogen) atoms. The molecule has 0 radical (unpaired) electrons. The molecule has 198 valence electrons. The number of aryl methyl sites for hydroxylation is 1. The first-order valence-electron chi connectivity index (χ1n) is 12.0. The average Bonchev–Trinajstić information content (AvgIpc) is 3.27. The van der Waals surface area contributed by atoms with Gasteiger partial charge in [-0.05, 0) is 51.0 Å². The van der Waals surface area contributed by atoms with Gasteiger partial charge in [-0.3, -0.25) is 19.9 Å². The molecule has 0 saturated heterocycles. The second-order valence-corrected chi connectivity index (χ2v) is 9.56. The van der Waals surface area contributed by atoms with Gasteiger partial charge in [0.1, 0.15) is 11.3 Å². The molecule has 0 fully saturated rings. The number of amides is 2. The molecule has 0 aliphatic heterocycles. The molecule has 0 saturated carbocycles. The van der Waals surface area contributed by atoms with Crippen molar-refractivity contribution >= 4 is 28.8 Å². The fourth-order valence-corrected chi connectivity index (χ4v) is 3.73. The van der Waals surface area contributed by atoms with E-state index in [-0.39, 0.29) is 18.4 Å². The number of anilines is 1. The van der Waals surface area contributed by atoms with E-state index in [9.17, 15) is 22.8 Å². The maximum atomic E-state index is 13.1. The van der Waals surface area contributed by atoms with Crippen molar-refractivity contribution in [2.24, 2.45) is 0 Å². The minimum absolute atomic E-state index is 0.0145. The third kappa shape index (κ3) is 5.66. The predicted molar refractivity (Wildman–Crippen MR) is 137 cm³/mol. The second kappa shape index (κ2) is 10.2. The van der Waals surface area contributed by atoms with E-state index in [1.165, 1.54) is 12.3 Å². The first kappa shape index (κ1) is 26.8. The van der Waals surface area contributed by atoms with Gasteiger partial charge in [-0.25, -0.2) is 4.98 Å². The summed E-state index contributed by atoms with van der Waals surface area (Å²) < 4.78 is 40.1. The molecule has 11 heteroatoms. The van der Waals surface area contributed by atoms with Crippen molar-refractivity contribution in [3.8, 4) is 0 Å². The van der Waals surface area contributed by atoms with Crippen LogP contribution >= 0.6 is 0 Å². The number of benzene rings is 1. The Morgan fingerprint density at radius 2 is 1.68 bits per heavy atom. The van der Waals surface area contributed by atoms with Crippen LogP contribution in [0, 0.1) is 6.92 Å². The highest BCUT2D eigenvalue weighted by Gasteiger charge is 2.32. The molecule has 2 N–H and O–H groups in total. The van der Waals surface area contributed by atoms with Gasteiger partial charge < -0.3 is 9.88 Å². The van der Waals surface area contributed by atoms with Gasteiger partial charge in [0.15, 0.2) is 0 Å². The zero-order chi connectivity index (χ0) is 27.7. The highest BCUT2D eigenvalue weighted by molar-refractivity contribution is 6.07. The molecule has 4 rings (SSSR count). The molecule has 0 bridgehead atoms. The van der Waals surface area contributed by atoms with Crippen molar-refractivity contribution in [3.63, 3.8) is 0 Å². The molecule has 0 atom stereocenters. The Morgan fingerprint density at radius 3 is 2.29 bits per heavy atom. The van der Waals surface area contributed by atoms with Crippen LogP contribution in [0.4, 0.5) is 19.1 Å². The van der Waals surface area contributed by atoms with Crippen molar-refractivity contribution in [1.29, 1.82) is 0 Å². The maximum absolute atomic E-state index is 13.1. The topological polar surface area (TPSA) is 102 Å². The lowest BCUT2D eigenvalue weighted by Gasteiger charge is -2.25. The van der Waals surface area contributed by atoms with Gasteiger partial charge in [0.2, 0.25) is 5.95 Å². The van der Waals surface area contributed by atoms with Gasteiger partial charge in [-0.2, -0.15) is 18.2 Å². The smallest absolute Gasteiger partial charge is 0.348 e. The van der Waals surface area contributed by atoms with Crippen LogP contribution in [0.3, 0.4) is 0 Å². The Labute approximate surface area is 217 Å². The summed E-state index contributed by atoms with van der Waals surface area (Å²) in [5, 5.41) is 5.90. The average molecular weight is 525 g/mol. The number of pyridine rings is 1. The van der Waals surface area contributed by atoms with Crippen molar-refractivity contribution in [3.05, 3.63) is 82.9 Å². The monoisotopic (exact) mass is 524 g/mol. The minimum Gasteiger partial charge on any atom is -0.348 e. The first-order valence-corrected chi connectivity index (χ1v) is 12.0. The standard InChI is InChI=1S/C27H27F3N6O2/c1-5-26(3,4)36-15-20(24(38)32-13-17-8-11-21(31-12-17)27(28,29)30)19-14-33-25(34-22(19)36)35-23(37)18-9-6-16(2)7-10-18/h6-12,14-15H,5,13H2,1-4H3,(H,32,38)(H,33,34,35,37). The van der Waals surface area contributed by atoms with E-state index in [1.807, 2.05) is 44.4 Å². The van der Waals surface area contributed by atoms with E-state index in [0.717, 1.165) is 24.2 Å². The van der Waals surface area contributed by atoms with Crippen molar-refractivity contribution in [1.82, 2.24) is 24.8 Å². The molecular formula is C27H27F3N6O2. The second-order valence-electron chi connectivity index (χ2n) is 9.56. The summed E-state index contributed by atoms with van der Waals surface area (Å²) in [5.74, 6) is -0.710. The lowest BCUT2D eigenvalue weighted by Crippen LogP contribution is -2.25. The van der Waals surface area contributed by atoms with Gasteiger partial charge in [0.05, 0.1) is 10.9 Å². The number of carbonyl (C=O) groups is 2. The molecule has 2 amide bonds. The Balaban J connectivity index is 1.60. The van der Waals surface area contributed by atoms with Crippen molar-refractivity contribution in [2.45, 2.75) is 52.4 Å². The van der Waals surface area contributed by atoms with Gasteiger partial charge in [0.25, 0.3) is 11.8 Å². The summed E-state index contributed by atoms with van der Waals surface area (Å²) in [6.07, 6.45) is 0.426. The van der Waals surface area contributed by atoms with E-state index >= 15 is 0 Å². The fraction of sp³-hybridized carbons (Fsp3) is 0.296. The third-order valence-electron chi connectivity index (χ3n) is 6.41. The number of alkyl halides is 3. The molecule has 4 aromatic rings. The molecule has 0 unspecified atom stereocenters. The molecule has 3 heterocycles. The molecular weight excluding hydrogens is 497 g/mol. The highest BCUT2D eigenvalue weighted by atomic mass is 19.4. The number of fused-ring (bicyclic) bond motifs is 1. The Morgan fingerprint density at radius 1 is 0.974 bits per heavy atom. The van der Waals surface area contributed by atoms with Gasteiger partial charge in [0, 0.05) is 36.2 Å². The van der Waals surface area contributed by atoms with E-state index in [2.05, 4.69) is 25.6 Å². The van der Waals surface area contributed by atoms with Crippen LogP contribution in [-0.2, 0) is 18.3 Å². The number of carbonyl (C=O) groups excluding carboxylic acids is 2. The number of aromatic nitrogens is 4. The SMILES string of the molecule is CCC(C)(C)n1cc(C(=O)NCc2ccc(C(F)(F)F)nc2)c2cnc(NC(=O)c3ccc(C)cc3)nc21. The minimum atomic E-state index is -4.53. The van der Waals surface area contributed by atoms with E-state index < -0.39 is 23.3 Å². The summed E-state index contributed by atoms with van der Waals surface area (Å²) in [6, 6.07) is 9.23. The number of hydrogen-bond acceptors (Lipinski definition) is 5.